The summed E-state index contributed by atoms with van der Waals surface area (Å²) in [6.07, 6.45) is 3.50. The Morgan fingerprint density at radius 2 is 2.06 bits per heavy atom. The molecule has 1 aromatic carbocycles. The molecule has 1 heterocycles. The van der Waals surface area contributed by atoms with Gasteiger partial charge in [0.1, 0.15) is 0 Å². The van der Waals surface area contributed by atoms with Gasteiger partial charge in [0.05, 0.1) is 18.7 Å². The van der Waals surface area contributed by atoms with Gasteiger partial charge in [-0.25, -0.2) is 0 Å². The Kier molecular flexibility index (Phi) is 4.29. The van der Waals surface area contributed by atoms with E-state index >= 15 is 0 Å². The molecule has 2 rings (SSSR count). The van der Waals surface area contributed by atoms with E-state index in [-0.39, 0.29) is 0 Å². The van der Waals surface area contributed by atoms with E-state index in [1.165, 1.54) is 18.4 Å². The number of hydrogen-bond donors (Lipinski definition) is 1. The minimum Gasteiger partial charge on any atom is -0.493 e. The Labute approximate surface area is 111 Å². The van der Waals surface area contributed by atoms with Crippen molar-refractivity contribution in [2.75, 3.05) is 20.8 Å². The van der Waals surface area contributed by atoms with Crippen LogP contribution in [0.4, 0.5) is 0 Å². The van der Waals surface area contributed by atoms with E-state index in [4.69, 9.17) is 9.47 Å². The molecule has 1 saturated heterocycles. The lowest BCUT2D eigenvalue weighted by molar-refractivity contribution is 0.348. The van der Waals surface area contributed by atoms with Crippen LogP contribution in [-0.4, -0.2) is 26.8 Å². The summed E-state index contributed by atoms with van der Waals surface area (Å²) >= 11 is 3.47. The van der Waals surface area contributed by atoms with Crippen LogP contribution in [0.15, 0.2) is 16.6 Å². The molecule has 1 aromatic rings. The van der Waals surface area contributed by atoms with Gasteiger partial charge in [-0.05, 0) is 53.4 Å². The summed E-state index contributed by atoms with van der Waals surface area (Å²) < 4.78 is 11.8. The molecule has 1 fully saturated rings. The van der Waals surface area contributed by atoms with Crippen LogP contribution in [0.25, 0.3) is 0 Å². The first-order valence-electron chi connectivity index (χ1n) is 5.89. The molecule has 94 valence electrons. The van der Waals surface area contributed by atoms with Crippen molar-refractivity contribution < 1.29 is 9.47 Å². The Balaban J connectivity index is 2.26. The maximum absolute atomic E-state index is 5.48. The molecule has 0 aromatic heterocycles. The second-order valence-electron chi connectivity index (χ2n) is 4.27. The zero-order chi connectivity index (χ0) is 12.3. The van der Waals surface area contributed by atoms with Crippen LogP contribution in [0.1, 0.15) is 18.4 Å². The summed E-state index contributed by atoms with van der Waals surface area (Å²) in [6, 6.07) is 4.69. The highest BCUT2D eigenvalue weighted by Gasteiger charge is 2.19. The lowest BCUT2D eigenvalue weighted by Crippen LogP contribution is -2.23. The van der Waals surface area contributed by atoms with Gasteiger partial charge in [-0.15, -0.1) is 0 Å². The molecule has 0 spiro atoms. The summed E-state index contributed by atoms with van der Waals surface area (Å²) in [6.45, 7) is 1.13. The average molecular weight is 300 g/mol. The quantitative estimate of drug-likeness (QED) is 0.927. The number of methoxy groups -OCH3 is 2. The number of rotatable bonds is 4. The first kappa shape index (κ1) is 12.7. The molecule has 0 amide bonds. The van der Waals surface area contributed by atoms with Gasteiger partial charge >= 0.3 is 0 Å². The predicted octanol–water partition coefficient (Wildman–Crippen LogP) is 2.76. The van der Waals surface area contributed by atoms with E-state index in [1.807, 2.05) is 6.07 Å². The Morgan fingerprint density at radius 1 is 1.29 bits per heavy atom. The molecular formula is C13H18BrNO2. The fraction of sp³-hybridized carbons (Fsp3) is 0.538. The normalized spacial score (nSPS) is 19.4. The third-order valence-corrected chi connectivity index (χ3v) is 3.81. The molecule has 1 N–H and O–H groups in total. The van der Waals surface area contributed by atoms with Gasteiger partial charge in [0.2, 0.25) is 0 Å². The van der Waals surface area contributed by atoms with Gasteiger partial charge in [-0.3, -0.25) is 0 Å². The SMILES string of the molecule is COc1c(Br)ccc(CC2CCCN2)c1OC. The Bertz CT molecular complexity index is 389. The third-order valence-electron chi connectivity index (χ3n) is 3.18. The number of hydrogen-bond acceptors (Lipinski definition) is 3. The van der Waals surface area contributed by atoms with E-state index in [0.717, 1.165) is 28.9 Å². The third kappa shape index (κ3) is 2.75. The zero-order valence-corrected chi connectivity index (χ0v) is 11.8. The second-order valence-corrected chi connectivity index (χ2v) is 5.12. The molecule has 0 bridgehead atoms. The van der Waals surface area contributed by atoms with E-state index in [2.05, 4.69) is 27.3 Å². The molecule has 1 unspecified atom stereocenters. The Hall–Kier alpha value is -0.740. The largest absolute Gasteiger partial charge is 0.493 e. The summed E-state index contributed by atoms with van der Waals surface area (Å²) in [4.78, 5) is 0. The predicted molar refractivity (Wildman–Crippen MR) is 72.0 cm³/mol. The summed E-state index contributed by atoms with van der Waals surface area (Å²) in [5.74, 6) is 1.62. The standard InChI is InChI=1S/C13H18BrNO2/c1-16-12-9(8-10-4-3-7-15-10)5-6-11(14)13(12)17-2/h5-6,10,15H,3-4,7-8H2,1-2H3. The molecule has 1 atom stereocenters. The van der Waals surface area contributed by atoms with Crippen molar-refractivity contribution in [3.8, 4) is 11.5 Å². The number of nitrogens with one attached hydrogen (secondary N) is 1. The summed E-state index contributed by atoms with van der Waals surface area (Å²) in [7, 11) is 3.36. The minimum absolute atomic E-state index is 0.565. The molecule has 0 saturated carbocycles. The van der Waals surface area contributed by atoms with Crippen molar-refractivity contribution in [3.05, 3.63) is 22.2 Å². The molecule has 4 heteroatoms. The fourth-order valence-corrected chi connectivity index (χ4v) is 2.82. The minimum atomic E-state index is 0.565. The monoisotopic (exact) mass is 299 g/mol. The molecule has 17 heavy (non-hydrogen) atoms. The fourth-order valence-electron chi connectivity index (χ4n) is 2.35. The molecule has 1 aliphatic rings. The van der Waals surface area contributed by atoms with E-state index in [9.17, 15) is 0 Å². The van der Waals surface area contributed by atoms with Crippen molar-refractivity contribution in [1.82, 2.24) is 5.32 Å². The van der Waals surface area contributed by atoms with E-state index in [1.54, 1.807) is 14.2 Å². The van der Waals surface area contributed by atoms with Gasteiger partial charge in [-0.1, -0.05) is 6.07 Å². The van der Waals surface area contributed by atoms with Gasteiger partial charge in [0.25, 0.3) is 0 Å². The zero-order valence-electron chi connectivity index (χ0n) is 10.3. The van der Waals surface area contributed by atoms with Crippen molar-refractivity contribution in [3.63, 3.8) is 0 Å². The van der Waals surface area contributed by atoms with Gasteiger partial charge in [-0.2, -0.15) is 0 Å². The number of halogens is 1. The topological polar surface area (TPSA) is 30.5 Å². The maximum atomic E-state index is 5.48. The average Bonchev–Trinajstić information content (AvgIpc) is 2.83. The molecule has 0 aliphatic carbocycles. The van der Waals surface area contributed by atoms with E-state index < -0.39 is 0 Å². The number of benzene rings is 1. The lowest BCUT2D eigenvalue weighted by Gasteiger charge is -2.16. The van der Waals surface area contributed by atoms with Crippen LogP contribution in [0.5, 0.6) is 11.5 Å². The van der Waals surface area contributed by atoms with Crippen LogP contribution < -0.4 is 14.8 Å². The number of ether oxygens (including phenoxy) is 2. The van der Waals surface area contributed by atoms with Gasteiger partial charge in [0, 0.05) is 6.04 Å². The second kappa shape index (κ2) is 5.74. The lowest BCUT2D eigenvalue weighted by atomic mass is 10.0. The van der Waals surface area contributed by atoms with Gasteiger partial charge in [0.15, 0.2) is 11.5 Å². The molecular weight excluding hydrogens is 282 g/mol. The van der Waals surface area contributed by atoms with Crippen molar-refractivity contribution in [1.29, 1.82) is 0 Å². The summed E-state index contributed by atoms with van der Waals surface area (Å²) in [5.41, 5.74) is 1.20. The molecule has 1 aliphatic heterocycles. The Morgan fingerprint density at radius 3 is 2.65 bits per heavy atom. The van der Waals surface area contributed by atoms with Gasteiger partial charge < -0.3 is 14.8 Å². The van der Waals surface area contributed by atoms with Crippen molar-refractivity contribution in [2.45, 2.75) is 25.3 Å². The van der Waals surface area contributed by atoms with Crippen LogP contribution in [-0.2, 0) is 6.42 Å². The maximum Gasteiger partial charge on any atom is 0.175 e. The first-order valence-corrected chi connectivity index (χ1v) is 6.68. The van der Waals surface area contributed by atoms with Crippen LogP contribution >= 0.6 is 15.9 Å². The summed E-state index contributed by atoms with van der Waals surface area (Å²) in [5, 5.41) is 3.50. The van der Waals surface area contributed by atoms with E-state index in [0.29, 0.717) is 6.04 Å². The van der Waals surface area contributed by atoms with Crippen LogP contribution in [0.2, 0.25) is 0 Å². The van der Waals surface area contributed by atoms with Crippen LogP contribution in [0, 0.1) is 0 Å². The van der Waals surface area contributed by atoms with Crippen molar-refractivity contribution >= 4 is 15.9 Å². The highest BCUT2D eigenvalue weighted by molar-refractivity contribution is 9.10. The molecule has 0 radical (unpaired) electrons. The highest BCUT2D eigenvalue weighted by atomic mass is 79.9. The smallest absolute Gasteiger partial charge is 0.175 e. The van der Waals surface area contributed by atoms with Crippen LogP contribution in [0.3, 0.4) is 0 Å². The molecule has 3 nitrogen and oxygen atoms in total. The highest BCUT2D eigenvalue weighted by Crippen LogP contribution is 2.38. The van der Waals surface area contributed by atoms with Crippen molar-refractivity contribution in [2.24, 2.45) is 0 Å². The first-order chi connectivity index (χ1) is 8.26.